The van der Waals surface area contributed by atoms with Crippen LogP contribution >= 0.6 is 11.5 Å². The number of aryl methyl sites for hydroxylation is 3. The van der Waals surface area contributed by atoms with E-state index in [-0.39, 0.29) is 6.04 Å². The molecule has 1 unspecified atom stereocenters. The van der Waals surface area contributed by atoms with Crippen LogP contribution in [0.2, 0.25) is 0 Å². The number of nitrogens with zero attached hydrogens (tertiary/aromatic N) is 3. The van der Waals surface area contributed by atoms with Gasteiger partial charge in [-0.3, -0.25) is 0 Å². The number of imidazole rings is 1. The molecule has 0 fully saturated rings. The van der Waals surface area contributed by atoms with E-state index in [0.29, 0.717) is 0 Å². The highest BCUT2D eigenvalue weighted by Crippen LogP contribution is 2.26. The molecule has 124 valence electrons. The van der Waals surface area contributed by atoms with Gasteiger partial charge in [-0.05, 0) is 56.4 Å². The van der Waals surface area contributed by atoms with Crippen LogP contribution in [0.4, 0.5) is 5.69 Å². The van der Waals surface area contributed by atoms with Crippen LogP contribution in [0.3, 0.4) is 0 Å². The fraction of sp³-hybridized carbons (Fsp3) is 0.368. The minimum Gasteiger partial charge on any atom is -0.378 e. The predicted octanol–water partition coefficient (Wildman–Crippen LogP) is 4.82. The molecule has 4 rings (SSSR count). The number of hydrogen-bond donors (Lipinski definition) is 1. The SMILES string of the molecule is Cc1cc(C(C)Nc2ccc(-c3cn4c(n3)CCCC4)cc2)sn1. The zero-order valence-corrected chi connectivity index (χ0v) is 14.9. The van der Waals surface area contributed by atoms with Crippen molar-refractivity contribution in [2.45, 2.75) is 45.7 Å². The van der Waals surface area contributed by atoms with Crippen molar-refractivity contribution in [2.75, 3.05) is 5.32 Å². The molecular formula is C19H22N4S. The fourth-order valence-electron chi connectivity index (χ4n) is 3.20. The molecule has 1 aromatic carbocycles. The van der Waals surface area contributed by atoms with Crippen LogP contribution < -0.4 is 5.32 Å². The minimum atomic E-state index is 0.266. The van der Waals surface area contributed by atoms with E-state index in [4.69, 9.17) is 4.98 Å². The lowest BCUT2D eigenvalue weighted by Gasteiger charge is -2.13. The van der Waals surface area contributed by atoms with Gasteiger partial charge in [-0.25, -0.2) is 4.98 Å². The van der Waals surface area contributed by atoms with Crippen LogP contribution in [-0.4, -0.2) is 13.9 Å². The van der Waals surface area contributed by atoms with Gasteiger partial charge in [0.25, 0.3) is 0 Å². The highest BCUT2D eigenvalue weighted by atomic mass is 32.1. The van der Waals surface area contributed by atoms with Gasteiger partial charge in [-0.2, -0.15) is 4.37 Å². The summed E-state index contributed by atoms with van der Waals surface area (Å²) in [5.74, 6) is 1.23. The molecule has 0 spiro atoms. The summed E-state index contributed by atoms with van der Waals surface area (Å²) in [6.07, 6.45) is 5.82. The number of benzene rings is 1. The lowest BCUT2D eigenvalue weighted by molar-refractivity contribution is 0.522. The lowest BCUT2D eigenvalue weighted by Crippen LogP contribution is -2.08. The van der Waals surface area contributed by atoms with Gasteiger partial charge in [0.05, 0.1) is 17.4 Å². The smallest absolute Gasteiger partial charge is 0.109 e. The normalized spacial score (nSPS) is 15.1. The minimum absolute atomic E-state index is 0.266. The van der Waals surface area contributed by atoms with Crippen molar-refractivity contribution >= 4 is 17.2 Å². The standard InChI is InChI=1S/C19H22N4S/c1-13-11-18(24-22-13)14(2)20-16-8-6-15(7-9-16)17-12-23-10-4-3-5-19(23)21-17/h6-9,11-12,14,20H,3-5,10H2,1-2H3. The van der Waals surface area contributed by atoms with Crippen LogP contribution in [0.5, 0.6) is 0 Å². The third-order valence-electron chi connectivity index (χ3n) is 4.55. The Bertz CT molecular complexity index is 808. The summed E-state index contributed by atoms with van der Waals surface area (Å²) in [5.41, 5.74) is 4.48. The zero-order valence-electron chi connectivity index (χ0n) is 14.1. The Labute approximate surface area is 146 Å². The summed E-state index contributed by atoms with van der Waals surface area (Å²) in [6, 6.07) is 11.0. The maximum absolute atomic E-state index is 4.80. The van der Waals surface area contributed by atoms with Gasteiger partial charge >= 0.3 is 0 Å². The average molecular weight is 338 g/mol. The van der Waals surface area contributed by atoms with E-state index >= 15 is 0 Å². The highest BCUT2D eigenvalue weighted by Gasteiger charge is 2.13. The molecule has 0 amide bonds. The van der Waals surface area contributed by atoms with Crippen molar-refractivity contribution in [1.82, 2.24) is 13.9 Å². The van der Waals surface area contributed by atoms with E-state index in [0.717, 1.165) is 30.0 Å². The number of fused-ring (bicyclic) bond motifs is 1. The molecule has 2 aromatic heterocycles. The Morgan fingerprint density at radius 2 is 2.04 bits per heavy atom. The van der Waals surface area contributed by atoms with E-state index in [1.54, 1.807) is 11.5 Å². The fourth-order valence-corrected chi connectivity index (χ4v) is 3.94. The van der Waals surface area contributed by atoms with Crippen molar-refractivity contribution in [3.05, 3.63) is 52.9 Å². The third-order valence-corrected chi connectivity index (χ3v) is 5.61. The van der Waals surface area contributed by atoms with E-state index in [9.17, 15) is 0 Å². The van der Waals surface area contributed by atoms with Crippen molar-refractivity contribution < 1.29 is 0 Å². The monoisotopic (exact) mass is 338 g/mol. The second-order valence-electron chi connectivity index (χ2n) is 6.51. The lowest BCUT2D eigenvalue weighted by atomic mass is 10.1. The summed E-state index contributed by atoms with van der Waals surface area (Å²) in [6.45, 7) is 5.31. The van der Waals surface area contributed by atoms with E-state index in [2.05, 4.69) is 57.7 Å². The van der Waals surface area contributed by atoms with Crippen LogP contribution in [0, 0.1) is 6.92 Å². The first-order valence-electron chi connectivity index (χ1n) is 8.55. The average Bonchev–Trinajstić information content (AvgIpc) is 3.21. The van der Waals surface area contributed by atoms with Crippen LogP contribution in [0.1, 0.15) is 42.2 Å². The van der Waals surface area contributed by atoms with Crippen molar-refractivity contribution in [3.8, 4) is 11.3 Å². The Hall–Kier alpha value is -2.14. The molecule has 0 saturated heterocycles. The quantitative estimate of drug-likeness (QED) is 0.741. The Balaban J connectivity index is 1.49. The molecule has 1 atom stereocenters. The first-order chi connectivity index (χ1) is 11.7. The first-order valence-corrected chi connectivity index (χ1v) is 9.32. The molecule has 4 nitrogen and oxygen atoms in total. The third kappa shape index (κ3) is 3.08. The second kappa shape index (κ2) is 6.40. The van der Waals surface area contributed by atoms with Gasteiger partial charge in [0.1, 0.15) is 5.82 Å². The number of nitrogens with one attached hydrogen (secondary N) is 1. The van der Waals surface area contributed by atoms with Crippen LogP contribution in [0.25, 0.3) is 11.3 Å². The molecule has 0 bridgehead atoms. The number of hydrogen-bond acceptors (Lipinski definition) is 4. The van der Waals surface area contributed by atoms with Crippen molar-refractivity contribution in [1.29, 1.82) is 0 Å². The van der Waals surface area contributed by atoms with Gasteiger partial charge in [-0.15, -0.1) is 0 Å². The number of anilines is 1. The number of aromatic nitrogens is 3. The summed E-state index contributed by atoms with van der Waals surface area (Å²) in [7, 11) is 0. The number of rotatable bonds is 4. The first kappa shape index (κ1) is 15.4. The molecule has 3 heterocycles. The van der Waals surface area contributed by atoms with Gasteiger partial charge in [0.2, 0.25) is 0 Å². The van der Waals surface area contributed by atoms with Crippen LogP contribution in [0.15, 0.2) is 36.5 Å². The van der Waals surface area contributed by atoms with E-state index in [1.165, 1.54) is 29.1 Å². The molecule has 0 radical (unpaired) electrons. The summed E-state index contributed by atoms with van der Waals surface area (Å²) in [5, 5.41) is 3.54. The molecule has 0 aliphatic carbocycles. The molecule has 1 N–H and O–H groups in total. The van der Waals surface area contributed by atoms with Crippen LogP contribution in [-0.2, 0) is 13.0 Å². The Morgan fingerprint density at radius 1 is 1.21 bits per heavy atom. The van der Waals surface area contributed by atoms with E-state index in [1.807, 2.05) is 6.92 Å². The molecule has 1 aliphatic rings. The molecule has 3 aromatic rings. The van der Waals surface area contributed by atoms with Crippen molar-refractivity contribution in [3.63, 3.8) is 0 Å². The summed E-state index contributed by atoms with van der Waals surface area (Å²) < 4.78 is 6.66. The summed E-state index contributed by atoms with van der Waals surface area (Å²) >= 11 is 1.57. The second-order valence-corrected chi connectivity index (χ2v) is 7.34. The highest BCUT2D eigenvalue weighted by molar-refractivity contribution is 7.05. The van der Waals surface area contributed by atoms with Crippen molar-refractivity contribution in [2.24, 2.45) is 0 Å². The maximum Gasteiger partial charge on any atom is 0.109 e. The maximum atomic E-state index is 4.80. The predicted molar refractivity (Wildman–Crippen MR) is 99.5 cm³/mol. The zero-order chi connectivity index (χ0) is 16.5. The molecule has 1 aliphatic heterocycles. The van der Waals surface area contributed by atoms with Gasteiger partial charge < -0.3 is 9.88 Å². The van der Waals surface area contributed by atoms with Gasteiger partial charge in [0.15, 0.2) is 0 Å². The van der Waals surface area contributed by atoms with Gasteiger partial charge in [-0.1, -0.05) is 12.1 Å². The van der Waals surface area contributed by atoms with Gasteiger partial charge in [0, 0.05) is 35.3 Å². The molecule has 0 saturated carbocycles. The topological polar surface area (TPSA) is 42.7 Å². The Morgan fingerprint density at radius 3 is 2.75 bits per heavy atom. The largest absolute Gasteiger partial charge is 0.378 e. The molecular weight excluding hydrogens is 316 g/mol. The molecule has 24 heavy (non-hydrogen) atoms. The molecule has 5 heteroatoms. The van der Waals surface area contributed by atoms with E-state index < -0.39 is 0 Å². The summed E-state index contributed by atoms with van der Waals surface area (Å²) in [4.78, 5) is 6.06. The Kier molecular flexibility index (Phi) is 4.10.